The molecule has 1 aliphatic heterocycles. The lowest BCUT2D eigenvalue weighted by Gasteiger charge is -2.35. The lowest BCUT2D eigenvalue weighted by molar-refractivity contribution is 0.0698. The van der Waals surface area contributed by atoms with Gasteiger partial charge >= 0.3 is 5.97 Å². The van der Waals surface area contributed by atoms with E-state index in [1.54, 1.807) is 23.1 Å². The quantitative estimate of drug-likeness (QED) is 0.159. The molecule has 3 heterocycles. The number of carbonyl (C=O) groups excluding carboxylic acids is 1. The Hall–Kier alpha value is -4.79. The summed E-state index contributed by atoms with van der Waals surface area (Å²) in [6, 6.07) is 18.4. The SMILES string of the molecule is Cc1cc(OCCCc2c3n(c4c(-c5c(C)nn(C)c5C)c(Cl)ccc24)[C@H](C)CN(c2cccc4c(C(=O)O)cccc24)C3=O)cc(C)c1Cl. The summed E-state index contributed by atoms with van der Waals surface area (Å²) in [5.41, 5.74) is 8.92. The Morgan fingerprint density at radius 2 is 1.66 bits per heavy atom. The fourth-order valence-corrected chi connectivity index (χ4v) is 8.01. The van der Waals surface area contributed by atoms with E-state index in [0.717, 1.165) is 60.9 Å². The van der Waals surface area contributed by atoms with Crippen LogP contribution >= 0.6 is 23.2 Å². The predicted molar refractivity (Wildman–Crippen MR) is 201 cm³/mol. The van der Waals surface area contributed by atoms with Gasteiger partial charge < -0.3 is 19.3 Å². The molecule has 2 aromatic heterocycles. The van der Waals surface area contributed by atoms with Crippen molar-refractivity contribution in [1.29, 1.82) is 0 Å². The van der Waals surface area contributed by atoms with Gasteiger partial charge in [0, 0.05) is 52.3 Å². The molecule has 8 nitrogen and oxygen atoms in total. The molecule has 6 aromatic rings. The molecule has 1 aliphatic rings. The summed E-state index contributed by atoms with van der Waals surface area (Å²) in [6.45, 7) is 10.9. The van der Waals surface area contributed by atoms with Gasteiger partial charge in [-0.1, -0.05) is 53.5 Å². The van der Waals surface area contributed by atoms with Crippen LogP contribution in [0.1, 0.15) is 68.3 Å². The lowest BCUT2D eigenvalue weighted by Crippen LogP contribution is -2.42. The zero-order valence-corrected chi connectivity index (χ0v) is 30.4. The van der Waals surface area contributed by atoms with Gasteiger partial charge in [0.1, 0.15) is 11.4 Å². The molecular weight excluding hydrogens is 671 g/mol. The number of carbonyl (C=O) groups is 2. The van der Waals surface area contributed by atoms with Gasteiger partial charge in [0.2, 0.25) is 0 Å². The molecule has 50 heavy (non-hydrogen) atoms. The number of rotatable bonds is 8. The van der Waals surface area contributed by atoms with Crippen molar-refractivity contribution < 1.29 is 19.4 Å². The number of anilines is 1. The minimum atomic E-state index is -1.01. The molecule has 1 atom stereocenters. The van der Waals surface area contributed by atoms with Gasteiger partial charge in [-0.15, -0.1) is 0 Å². The standard InChI is InChI=1S/C40H38Cl2N4O4/c1-21-18-26(19-22(2)36(21)42)50-17-9-13-29-30-15-16-32(41)35(34-24(4)43-44(6)25(34)5)37(30)46-23(3)20-45(39(47)38(29)46)33-14-8-10-27-28(33)11-7-12-31(27)40(48)49/h7-8,10-12,14-16,18-19,23H,9,13,17,20H2,1-6H3,(H,48,49)/t23-/m1/s1. The highest BCUT2D eigenvalue weighted by Crippen LogP contribution is 2.45. The normalized spacial score (nSPS) is 14.5. The minimum Gasteiger partial charge on any atom is -0.494 e. The van der Waals surface area contributed by atoms with E-state index < -0.39 is 5.97 Å². The zero-order valence-electron chi connectivity index (χ0n) is 28.9. The summed E-state index contributed by atoms with van der Waals surface area (Å²) in [4.78, 5) is 28.8. The number of carboxylic acids is 1. The Kier molecular flexibility index (Phi) is 8.65. The number of hydrogen-bond donors (Lipinski definition) is 1. The van der Waals surface area contributed by atoms with Crippen LogP contribution in [0, 0.1) is 27.7 Å². The van der Waals surface area contributed by atoms with Crippen LogP contribution in [0.5, 0.6) is 5.75 Å². The van der Waals surface area contributed by atoms with Crippen LogP contribution in [-0.4, -0.2) is 44.5 Å². The van der Waals surface area contributed by atoms with Crippen LogP contribution in [0.25, 0.3) is 32.8 Å². The van der Waals surface area contributed by atoms with E-state index in [1.165, 1.54) is 0 Å². The molecule has 1 N–H and O–H groups in total. The molecule has 10 heteroatoms. The molecule has 7 rings (SSSR count). The van der Waals surface area contributed by atoms with E-state index in [9.17, 15) is 14.7 Å². The number of aryl methyl sites for hydroxylation is 5. The Balaban J connectivity index is 1.38. The third-order valence-electron chi connectivity index (χ3n) is 9.98. The van der Waals surface area contributed by atoms with Crippen molar-refractivity contribution in [2.45, 2.75) is 53.5 Å². The lowest BCUT2D eigenvalue weighted by atomic mass is 9.98. The zero-order chi connectivity index (χ0) is 35.6. The summed E-state index contributed by atoms with van der Waals surface area (Å²) in [6.07, 6.45) is 1.25. The Morgan fingerprint density at radius 1 is 0.960 bits per heavy atom. The molecule has 4 aromatic carbocycles. The smallest absolute Gasteiger partial charge is 0.336 e. The summed E-state index contributed by atoms with van der Waals surface area (Å²) in [7, 11) is 1.92. The summed E-state index contributed by atoms with van der Waals surface area (Å²) in [5.74, 6) is -0.392. The first kappa shape index (κ1) is 33.7. The fraction of sp³-hybridized carbons (Fsp3) is 0.275. The van der Waals surface area contributed by atoms with E-state index in [1.807, 2.05) is 81.9 Å². The maximum atomic E-state index is 14.9. The second-order valence-corrected chi connectivity index (χ2v) is 14.0. The maximum absolute atomic E-state index is 14.9. The van der Waals surface area contributed by atoms with Crippen LogP contribution in [-0.2, 0) is 13.5 Å². The van der Waals surface area contributed by atoms with Crippen LogP contribution in [0.15, 0.2) is 60.7 Å². The minimum absolute atomic E-state index is 0.136. The highest BCUT2D eigenvalue weighted by atomic mass is 35.5. The molecule has 1 amide bonds. The van der Waals surface area contributed by atoms with Crippen molar-refractivity contribution in [2.75, 3.05) is 18.1 Å². The van der Waals surface area contributed by atoms with Crippen LogP contribution in [0.4, 0.5) is 5.69 Å². The average molecular weight is 710 g/mol. The van der Waals surface area contributed by atoms with Gasteiger partial charge in [-0.2, -0.15) is 5.10 Å². The molecular formula is C40H38Cl2N4O4. The van der Waals surface area contributed by atoms with Crippen molar-refractivity contribution in [1.82, 2.24) is 14.3 Å². The Morgan fingerprint density at radius 3 is 2.34 bits per heavy atom. The largest absolute Gasteiger partial charge is 0.494 e. The van der Waals surface area contributed by atoms with Gasteiger partial charge in [-0.3, -0.25) is 9.48 Å². The van der Waals surface area contributed by atoms with Gasteiger partial charge in [0.25, 0.3) is 5.91 Å². The summed E-state index contributed by atoms with van der Waals surface area (Å²) in [5, 5.41) is 18.2. The van der Waals surface area contributed by atoms with Crippen LogP contribution in [0.2, 0.25) is 10.0 Å². The van der Waals surface area contributed by atoms with E-state index in [2.05, 4.69) is 11.5 Å². The number of carboxylic acid groups (broad SMARTS) is 1. The molecule has 0 spiro atoms. The number of ether oxygens (including phenoxy) is 1. The molecule has 0 saturated heterocycles. The highest BCUT2D eigenvalue weighted by Gasteiger charge is 2.37. The number of halogens is 2. The first-order valence-electron chi connectivity index (χ1n) is 16.7. The summed E-state index contributed by atoms with van der Waals surface area (Å²) >= 11 is 13.5. The first-order chi connectivity index (χ1) is 23.9. The number of aromatic carboxylic acids is 1. The number of fused-ring (bicyclic) bond motifs is 4. The second-order valence-electron chi connectivity index (χ2n) is 13.3. The Labute approximate surface area is 300 Å². The van der Waals surface area contributed by atoms with Crippen molar-refractivity contribution in [3.05, 3.63) is 110 Å². The molecule has 0 fully saturated rings. The number of amides is 1. The van der Waals surface area contributed by atoms with Gasteiger partial charge in [-0.25, -0.2) is 4.79 Å². The number of benzene rings is 4. The van der Waals surface area contributed by atoms with E-state index >= 15 is 0 Å². The number of nitrogens with zero attached hydrogens (tertiary/aromatic N) is 4. The fourth-order valence-electron chi connectivity index (χ4n) is 7.65. The average Bonchev–Trinajstić information content (AvgIpc) is 3.55. The topological polar surface area (TPSA) is 89.6 Å². The van der Waals surface area contributed by atoms with Crippen molar-refractivity contribution >= 4 is 62.4 Å². The maximum Gasteiger partial charge on any atom is 0.336 e. The van der Waals surface area contributed by atoms with E-state index in [4.69, 9.17) is 33.0 Å². The van der Waals surface area contributed by atoms with Gasteiger partial charge in [0.15, 0.2) is 0 Å². The molecule has 0 radical (unpaired) electrons. The number of hydrogen-bond acceptors (Lipinski definition) is 4. The van der Waals surface area contributed by atoms with E-state index in [-0.39, 0.29) is 17.5 Å². The van der Waals surface area contributed by atoms with E-state index in [0.29, 0.717) is 53.2 Å². The van der Waals surface area contributed by atoms with Gasteiger partial charge in [-0.05, 0) is 99.9 Å². The molecule has 0 aliphatic carbocycles. The van der Waals surface area contributed by atoms with Crippen molar-refractivity contribution in [3.8, 4) is 16.9 Å². The predicted octanol–water partition coefficient (Wildman–Crippen LogP) is 9.67. The van der Waals surface area contributed by atoms with Crippen molar-refractivity contribution in [2.24, 2.45) is 7.05 Å². The van der Waals surface area contributed by atoms with Crippen LogP contribution in [0.3, 0.4) is 0 Å². The first-order valence-corrected chi connectivity index (χ1v) is 17.5. The third kappa shape index (κ3) is 5.42. The van der Waals surface area contributed by atoms with Crippen molar-refractivity contribution in [3.63, 3.8) is 0 Å². The summed E-state index contributed by atoms with van der Waals surface area (Å²) < 4.78 is 10.2. The van der Waals surface area contributed by atoms with Crippen LogP contribution < -0.4 is 9.64 Å². The second kappa shape index (κ2) is 12.8. The molecule has 0 unspecified atom stereocenters. The monoisotopic (exact) mass is 708 g/mol. The molecule has 256 valence electrons. The molecule has 0 bridgehead atoms. The third-order valence-corrected chi connectivity index (χ3v) is 10.9. The Bertz CT molecular complexity index is 2350. The highest BCUT2D eigenvalue weighted by molar-refractivity contribution is 6.35. The number of aromatic nitrogens is 3. The van der Waals surface area contributed by atoms with Gasteiger partial charge in [0.05, 0.1) is 34.1 Å². The molecule has 0 saturated carbocycles.